The average Bonchev–Trinajstić information content (AvgIpc) is 2.27. The third-order valence-electron chi connectivity index (χ3n) is 1.96. The molecular weight excluding hydrogens is 213 g/mol. The quantitative estimate of drug-likeness (QED) is 0.768. The Morgan fingerprint density at radius 1 is 1.50 bits per heavy atom. The third kappa shape index (κ3) is 3.51. The van der Waals surface area contributed by atoms with Crippen molar-refractivity contribution in [1.82, 2.24) is 0 Å². The number of hydrogen-bond donors (Lipinski definition) is 1. The zero-order valence-corrected chi connectivity index (χ0v) is 9.03. The minimum atomic E-state index is -0.477. The molecule has 0 unspecified atom stereocenters. The average molecular weight is 227 g/mol. The normalized spacial score (nSPS) is 9.94. The molecule has 0 amide bonds. The molecule has 1 aromatic carbocycles. The van der Waals surface area contributed by atoms with Crippen molar-refractivity contribution in [3.05, 3.63) is 29.6 Å². The number of carbonyl (C=O) groups excluding carboxylic acids is 1. The van der Waals surface area contributed by atoms with Gasteiger partial charge in [-0.1, -0.05) is 6.07 Å². The van der Waals surface area contributed by atoms with Gasteiger partial charge in [-0.25, -0.2) is 4.39 Å². The Morgan fingerprint density at radius 2 is 2.25 bits per heavy atom. The molecule has 0 heterocycles. The summed E-state index contributed by atoms with van der Waals surface area (Å²) in [5, 5.41) is 0. The van der Waals surface area contributed by atoms with Gasteiger partial charge in [0, 0.05) is 6.54 Å². The van der Waals surface area contributed by atoms with Gasteiger partial charge in [0.05, 0.1) is 13.5 Å². The molecule has 1 aromatic rings. The second kappa shape index (κ2) is 6.07. The van der Waals surface area contributed by atoms with Crippen molar-refractivity contribution in [2.75, 3.05) is 13.7 Å². The van der Waals surface area contributed by atoms with E-state index in [2.05, 4.69) is 0 Å². The SMILES string of the molecule is COc1ccc(COC(=O)CCN)cc1F. The summed E-state index contributed by atoms with van der Waals surface area (Å²) in [6.45, 7) is 0.287. The van der Waals surface area contributed by atoms with Crippen molar-refractivity contribution in [1.29, 1.82) is 0 Å². The molecule has 0 bridgehead atoms. The molecule has 5 heteroatoms. The molecule has 16 heavy (non-hydrogen) atoms. The lowest BCUT2D eigenvalue weighted by Crippen LogP contribution is -2.11. The summed E-state index contributed by atoms with van der Waals surface area (Å²) < 4.78 is 22.9. The van der Waals surface area contributed by atoms with Crippen molar-refractivity contribution >= 4 is 5.97 Å². The fourth-order valence-corrected chi connectivity index (χ4v) is 1.15. The van der Waals surface area contributed by atoms with Crippen LogP contribution >= 0.6 is 0 Å². The van der Waals surface area contributed by atoms with Gasteiger partial charge in [-0.15, -0.1) is 0 Å². The van der Waals surface area contributed by atoms with Gasteiger partial charge in [-0.2, -0.15) is 0 Å². The summed E-state index contributed by atoms with van der Waals surface area (Å²) in [7, 11) is 1.39. The van der Waals surface area contributed by atoms with Gasteiger partial charge in [0.15, 0.2) is 11.6 Å². The van der Waals surface area contributed by atoms with E-state index in [-0.39, 0.29) is 25.3 Å². The number of carbonyl (C=O) groups is 1. The topological polar surface area (TPSA) is 61.5 Å². The lowest BCUT2D eigenvalue weighted by atomic mass is 10.2. The van der Waals surface area contributed by atoms with E-state index in [0.29, 0.717) is 5.56 Å². The first-order chi connectivity index (χ1) is 7.67. The highest BCUT2D eigenvalue weighted by Crippen LogP contribution is 2.18. The van der Waals surface area contributed by atoms with E-state index >= 15 is 0 Å². The molecule has 0 radical (unpaired) electrons. The fraction of sp³-hybridized carbons (Fsp3) is 0.364. The third-order valence-corrected chi connectivity index (χ3v) is 1.96. The molecule has 0 aromatic heterocycles. The smallest absolute Gasteiger partial charge is 0.307 e. The van der Waals surface area contributed by atoms with Crippen LogP contribution in [0.2, 0.25) is 0 Å². The minimum Gasteiger partial charge on any atom is -0.494 e. The monoisotopic (exact) mass is 227 g/mol. The van der Waals surface area contributed by atoms with E-state index in [1.807, 2.05) is 0 Å². The zero-order valence-electron chi connectivity index (χ0n) is 9.03. The minimum absolute atomic E-state index is 0.0414. The van der Waals surface area contributed by atoms with Crippen molar-refractivity contribution in [2.45, 2.75) is 13.0 Å². The first-order valence-corrected chi connectivity index (χ1v) is 4.85. The molecule has 0 aliphatic carbocycles. The highest BCUT2D eigenvalue weighted by atomic mass is 19.1. The standard InChI is InChI=1S/C11H14FNO3/c1-15-10-3-2-8(6-9(10)12)7-16-11(14)4-5-13/h2-3,6H,4-5,7,13H2,1H3. The largest absolute Gasteiger partial charge is 0.494 e. The van der Waals surface area contributed by atoms with Gasteiger partial charge < -0.3 is 15.2 Å². The van der Waals surface area contributed by atoms with Crippen LogP contribution in [0.15, 0.2) is 18.2 Å². The molecule has 0 fully saturated rings. The van der Waals surface area contributed by atoms with Crippen LogP contribution in [0.3, 0.4) is 0 Å². The predicted molar refractivity (Wildman–Crippen MR) is 56.4 cm³/mol. The number of methoxy groups -OCH3 is 1. The van der Waals surface area contributed by atoms with Gasteiger partial charge in [0.25, 0.3) is 0 Å². The van der Waals surface area contributed by atoms with E-state index in [1.54, 1.807) is 6.07 Å². The Kier molecular flexibility index (Phi) is 4.72. The van der Waals surface area contributed by atoms with E-state index in [0.717, 1.165) is 0 Å². The number of esters is 1. The molecule has 0 saturated carbocycles. The Morgan fingerprint density at radius 3 is 2.81 bits per heavy atom. The van der Waals surface area contributed by atoms with Gasteiger partial charge >= 0.3 is 5.97 Å². The molecule has 0 aliphatic rings. The molecule has 4 nitrogen and oxygen atoms in total. The summed E-state index contributed by atoms with van der Waals surface area (Å²) in [5.41, 5.74) is 5.76. The molecular formula is C11H14FNO3. The Balaban J connectivity index is 2.55. The first kappa shape index (κ1) is 12.4. The lowest BCUT2D eigenvalue weighted by molar-refractivity contribution is -0.144. The van der Waals surface area contributed by atoms with Gasteiger partial charge in [0.2, 0.25) is 0 Å². The Hall–Kier alpha value is -1.62. The van der Waals surface area contributed by atoms with Crippen LogP contribution in [0.25, 0.3) is 0 Å². The lowest BCUT2D eigenvalue weighted by Gasteiger charge is -2.06. The summed E-state index contributed by atoms with van der Waals surface area (Å²) in [6.07, 6.45) is 0.165. The number of benzene rings is 1. The summed E-state index contributed by atoms with van der Waals surface area (Å²) in [6, 6.07) is 4.40. The van der Waals surface area contributed by atoms with Gasteiger partial charge in [-0.3, -0.25) is 4.79 Å². The second-order valence-electron chi connectivity index (χ2n) is 3.17. The van der Waals surface area contributed by atoms with Crippen LogP contribution in [-0.2, 0) is 16.1 Å². The van der Waals surface area contributed by atoms with Crippen LogP contribution in [0.1, 0.15) is 12.0 Å². The highest BCUT2D eigenvalue weighted by molar-refractivity contribution is 5.69. The van der Waals surface area contributed by atoms with Crippen molar-refractivity contribution < 1.29 is 18.7 Å². The molecule has 2 N–H and O–H groups in total. The second-order valence-corrected chi connectivity index (χ2v) is 3.17. The van der Waals surface area contributed by atoms with Gasteiger partial charge in [-0.05, 0) is 17.7 Å². The maximum atomic E-state index is 13.2. The maximum Gasteiger partial charge on any atom is 0.307 e. The highest BCUT2D eigenvalue weighted by Gasteiger charge is 2.05. The van der Waals surface area contributed by atoms with E-state index < -0.39 is 11.8 Å². The summed E-state index contributed by atoms with van der Waals surface area (Å²) in [5.74, 6) is -0.703. The molecule has 88 valence electrons. The number of ether oxygens (including phenoxy) is 2. The molecule has 0 atom stereocenters. The van der Waals surface area contributed by atoms with E-state index in [4.69, 9.17) is 15.2 Å². The Bertz CT molecular complexity index is 368. The first-order valence-electron chi connectivity index (χ1n) is 4.85. The maximum absolute atomic E-state index is 13.2. The van der Waals surface area contributed by atoms with Crippen molar-refractivity contribution in [3.8, 4) is 5.75 Å². The van der Waals surface area contributed by atoms with Crippen LogP contribution in [-0.4, -0.2) is 19.6 Å². The van der Waals surface area contributed by atoms with Crippen LogP contribution in [0.4, 0.5) is 4.39 Å². The van der Waals surface area contributed by atoms with Crippen LogP contribution in [0.5, 0.6) is 5.75 Å². The van der Waals surface area contributed by atoms with E-state index in [1.165, 1.54) is 19.2 Å². The molecule has 0 aliphatic heterocycles. The predicted octanol–water partition coefficient (Wildman–Crippen LogP) is 1.23. The van der Waals surface area contributed by atoms with Gasteiger partial charge in [0.1, 0.15) is 6.61 Å². The summed E-state index contributed by atoms with van der Waals surface area (Å²) >= 11 is 0. The van der Waals surface area contributed by atoms with E-state index in [9.17, 15) is 9.18 Å². The van der Waals surface area contributed by atoms with Crippen molar-refractivity contribution in [3.63, 3.8) is 0 Å². The summed E-state index contributed by atoms with van der Waals surface area (Å²) in [4.78, 5) is 11.0. The fourth-order valence-electron chi connectivity index (χ4n) is 1.15. The van der Waals surface area contributed by atoms with Crippen LogP contribution < -0.4 is 10.5 Å². The molecule has 1 rings (SSSR count). The Labute approximate surface area is 93.2 Å². The number of nitrogens with two attached hydrogens (primary N) is 1. The number of rotatable bonds is 5. The number of hydrogen-bond acceptors (Lipinski definition) is 4. The molecule has 0 spiro atoms. The number of halogens is 1. The van der Waals surface area contributed by atoms with Crippen LogP contribution in [0, 0.1) is 5.82 Å². The zero-order chi connectivity index (χ0) is 12.0. The molecule has 0 saturated heterocycles. The van der Waals surface area contributed by atoms with Crippen molar-refractivity contribution in [2.24, 2.45) is 5.73 Å².